The van der Waals surface area contributed by atoms with Crippen LogP contribution in [0.15, 0.2) is 48.5 Å². The van der Waals surface area contributed by atoms with Crippen molar-refractivity contribution < 1.29 is 9.53 Å². The summed E-state index contributed by atoms with van der Waals surface area (Å²) < 4.78 is 7.24. The van der Waals surface area contributed by atoms with Crippen LogP contribution in [-0.4, -0.2) is 27.8 Å². The van der Waals surface area contributed by atoms with Crippen LogP contribution in [0.4, 0.5) is 0 Å². The summed E-state index contributed by atoms with van der Waals surface area (Å²) in [6.07, 6.45) is 0. The first-order valence-electron chi connectivity index (χ1n) is 8.18. The number of nitrogens with one attached hydrogen (secondary N) is 2. The molecule has 7 heteroatoms. The van der Waals surface area contributed by atoms with Gasteiger partial charge < -0.3 is 10.1 Å². The molecule has 0 saturated carbocycles. The van der Waals surface area contributed by atoms with Gasteiger partial charge in [-0.3, -0.25) is 14.5 Å². The maximum absolute atomic E-state index is 12.4. The van der Waals surface area contributed by atoms with E-state index in [9.17, 15) is 4.79 Å². The molecular weight excluding hydrogens is 348 g/mol. The number of methoxy groups -OCH3 is 1. The van der Waals surface area contributed by atoms with Crippen LogP contribution < -0.4 is 10.1 Å². The third kappa shape index (κ3) is 4.18. The molecule has 0 aliphatic carbocycles. The Kier molecular flexibility index (Phi) is 5.48. The monoisotopic (exact) mass is 368 g/mol. The van der Waals surface area contributed by atoms with Crippen molar-refractivity contribution in [1.29, 1.82) is 0 Å². The lowest BCUT2D eigenvalue weighted by atomic mass is 10.1. The van der Waals surface area contributed by atoms with Gasteiger partial charge in [0.05, 0.1) is 7.11 Å². The van der Waals surface area contributed by atoms with Crippen LogP contribution in [0, 0.1) is 11.7 Å². The molecule has 0 aliphatic rings. The Morgan fingerprint density at radius 1 is 1.19 bits per heavy atom. The van der Waals surface area contributed by atoms with Crippen molar-refractivity contribution in [3.05, 3.63) is 64.4 Å². The van der Waals surface area contributed by atoms with Crippen molar-refractivity contribution in [3.8, 4) is 17.1 Å². The van der Waals surface area contributed by atoms with Crippen LogP contribution in [0.3, 0.4) is 0 Å². The summed E-state index contributed by atoms with van der Waals surface area (Å²) in [6.45, 7) is 2.57. The van der Waals surface area contributed by atoms with Gasteiger partial charge in [-0.15, -0.1) is 0 Å². The number of aryl methyl sites for hydroxylation is 1. The number of aromatic nitrogens is 3. The zero-order valence-corrected chi connectivity index (χ0v) is 15.5. The maximum atomic E-state index is 12.4. The predicted molar refractivity (Wildman–Crippen MR) is 102 cm³/mol. The molecule has 1 heterocycles. The molecule has 0 unspecified atom stereocenters. The van der Waals surface area contributed by atoms with Gasteiger partial charge in [-0.25, -0.2) is 0 Å². The summed E-state index contributed by atoms with van der Waals surface area (Å²) >= 11 is 5.27. The van der Waals surface area contributed by atoms with Gasteiger partial charge in [0.2, 0.25) is 5.91 Å². The zero-order valence-electron chi connectivity index (χ0n) is 14.7. The first-order chi connectivity index (χ1) is 12.6. The highest BCUT2D eigenvalue weighted by Crippen LogP contribution is 2.18. The van der Waals surface area contributed by atoms with Crippen LogP contribution in [0.2, 0.25) is 0 Å². The van der Waals surface area contributed by atoms with Gasteiger partial charge in [-0.05, 0) is 36.8 Å². The lowest BCUT2D eigenvalue weighted by Gasteiger charge is -2.09. The Bertz CT molecular complexity index is 943. The van der Waals surface area contributed by atoms with Crippen molar-refractivity contribution >= 4 is 18.1 Å². The highest BCUT2D eigenvalue weighted by molar-refractivity contribution is 7.71. The number of amides is 1. The predicted octanol–water partition coefficient (Wildman–Crippen LogP) is 3.24. The second-order valence-electron chi connectivity index (χ2n) is 5.93. The molecule has 1 aromatic heterocycles. The lowest BCUT2D eigenvalue weighted by Crippen LogP contribution is -2.27. The minimum Gasteiger partial charge on any atom is -0.497 e. The van der Waals surface area contributed by atoms with Crippen LogP contribution in [0.5, 0.6) is 5.75 Å². The van der Waals surface area contributed by atoms with Gasteiger partial charge in [0, 0.05) is 12.1 Å². The summed E-state index contributed by atoms with van der Waals surface area (Å²) in [5, 5.41) is 9.92. The normalized spacial score (nSPS) is 10.5. The molecule has 2 N–H and O–H groups in total. The van der Waals surface area contributed by atoms with Crippen molar-refractivity contribution in [1.82, 2.24) is 20.1 Å². The number of hydrogen-bond donors (Lipinski definition) is 2. The number of carbonyl (C=O) groups is 1. The van der Waals surface area contributed by atoms with E-state index in [2.05, 4.69) is 15.5 Å². The summed E-state index contributed by atoms with van der Waals surface area (Å²) in [6, 6.07) is 15.5. The molecule has 0 aliphatic heterocycles. The second-order valence-corrected chi connectivity index (χ2v) is 6.32. The molecule has 2 aromatic carbocycles. The molecule has 0 bridgehead atoms. The van der Waals surface area contributed by atoms with E-state index >= 15 is 0 Å². The van der Waals surface area contributed by atoms with Gasteiger partial charge in [0.1, 0.15) is 12.3 Å². The Labute approximate surface area is 156 Å². The molecule has 26 heavy (non-hydrogen) atoms. The maximum Gasteiger partial charge on any atom is 0.240 e. The Hall–Kier alpha value is -2.93. The molecular formula is C19H20N4O2S. The van der Waals surface area contributed by atoms with E-state index in [1.54, 1.807) is 11.7 Å². The Morgan fingerprint density at radius 2 is 1.88 bits per heavy atom. The fourth-order valence-corrected chi connectivity index (χ4v) is 2.73. The Balaban J connectivity index is 1.68. The van der Waals surface area contributed by atoms with E-state index in [1.807, 2.05) is 55.5 Å². The number of nitrogens with zero attached hydrogens (tertiary/aromatic N) is 2. The average molecular weight is 368 g/mol. The zero-order chi connectivity index (χ0) is 18.5. The minimum absolute atomic E-state index is 0.106. The van der Waals surface area contributed by atoms with E-state index in [0.717, 1.165) is 22.4 Å². The summed E-state index contributed by atoms with van der Waals surface area (Å²) in [4.78, 5) is 12.4. The number of hydrogen-bond acceptors (Lipinski definition) is 4. The van der Waals surface area contributed by atoms with Gasteiger partial charge in [0.25, 0.3) is 0 Å². The van der Waals surface area contributed by atoms with Gasteiger partial charge in [-0.2, -0.15) is 5.10 Å². The fraction of sp³-hybridized carbons (Fsp3) is 0.211. The minimum atomic E-state index is -0.133. The van der Waals surface area contributed by atoms with Gasteiger partial charge in [0.15, 0.2) is 10.6 Å². The van der Waals surface area contributed by atoms with Gasteiger partial charge in [-0.1, -0.05) is 42.0 Å². The summed E-state index contributed by atoms with van der Waals surface area (Å²) in [5.74, 6) is 1.30. The van der Waals surface area contributed by atoms with Crippen molar-refractivity contribution in [2.24, 2.45) is 0 Å². The molecule has 0 spiro atoms. The molecule has 1 amide bonds. The average Bonchev–Trinajstić information content (AvgIpc) is 3.01. The highest BCUT2D eigenvalue weighted by Gasteiger charge is 2.12. The second kappa shape index (κ2) is 7.97. The van der Waals surface area contributed by atoms with Crippen molar-refractivity contribution in [2.75, 3.05) is 7.11 Å². The first kappa shape index (κ1) is 17.9. The van der Waals surface area contributed by atoms with Crippen molar-refractivity contribution in [2.45, 2.75) is 20.0 Å². The van der Waals surface area contributed by atoms with E-state index in [4.69, 9.17) is 17.0 Å². The topological polar surface area (TPSA) is 71.9 Å². The number of H-pyrrole nitrogens is 1. The number of rotatable bonds is 6. The van der Waals surface area contributed by atoms with E-state index in [0.29, 0.717) is 17.1 Å². The molecule has 6 nitrogen and oxygen atoms in total. The van der Waals surface area contributed by atoms with E-state index < -0.39 is 0 Å². The number of benzene rings is 2. The molecule has 3 rings (SSSR count). The SMILES string of the molecule is COc1ccc(CNC(=O)Cn2c(-c3ccc(C)cc3)n[nH]c2=S)cc1. The van der Waals surface area contributed by atoms with Crippen molar-refractivity contribution in [3.63, 3.8) is 0 Å². The van der Waals surface area contributed by atoms with Crippen LogP contribution >= 0.6 is 12.2 Å². The number of aromatic amines is 1. The van der Waals surface area contributed by atoms with Crippen LogP contribution in [0.25, 0.3) is 11.4 Å². The largest absolute Gasteiger partial charge is 0.497 e. The first-order valence-corrected chi connectivity index (χ1v) is 8.59. The lowest BCUT2D eigenvalue weighted by molar-refractivity contribution is -0.121. The summed E-state index contributed by atoms with van der Waals surface area (Å²) in [7, 11) is 1.62. The molecule has 0 atom stereocenters. The third-order valence-electron chi connectivity index (χ3n) is 4.02. The molecule has 3 aromatic rings. The van der Waals surface area contributed by atoms with Crippen LogP contribution in [-0.2, 0) is 17.9 Å². The van der Waals surface area contributed by atoms with Gasteiger partial charge >= 0.3 is 0 Å². The molecule has 0 fully saturated rings. The van der Waals surface area contributed by atoms with E-state index in [-0.39, 0.29) is 12.5 Å². The fourth-order valence-electron chi connectivity index (χ4n) is 2.53. The van der Waals surface area contributed by atoms with E-state index in [1.165, 1.54) is 0 Å². The highest BCUT2D eigenvalue weighted by atomic mass is 32.1. The standard InChI is InChI=1S/C19H20N4O2S/c1-13-3-7-15(8-4-13)18-21-22-19(26)23(18)12-17(24)20-11-14-5-9-16(25-2)10-6-14/h3-10H,11-12H2,1-2H3,(H,20,24)(H,22,26). The van der Waals surface area contributed by atoms with Crippen LogP contribution in [0.1, 0.15) is 11.1 Å². The number of carbonyl (C=O) groups excluding carboxylic acids is 1. The third-order valence-corrected chi connectivity index (χ3v) is 4.33. The number of ether oxygens (including phenoxy) is 1. The molecule has 0 radical (unpaired) electrons. The molecule has 0 saturated heterocycles. The smallest absolute Gasteiger partial charge is 0.240 e. The Morgan fingerprint density at radius 3 is 2.54 bits per heavy atom. The summed E-state index contributed by atoms with van der Waals surface area (Å²) in [5.41, 5.74) is 3.06. The quantitative estimate of drug-likeness (QED) is 0.655. The molecule has 134 valence electrons.